The van der Waals surface area contributed by atoms with Crippen molar-refractivity contribution in [2.24, 2.45) is 0 Å². The van der Waals surface area contributed by atoms with E-state index in [-0.39, 0.29) is 12.1 Å². The number of aryl methyl sites for hydroxylation is 1. The molecular weight excluding hydrogens is 190 g/mol. The molecule has 15 heavy (non-hydrogen) atoms. The molecule has 0 radical (unpaired) electrons. The molecule has 1 fully saturated rings. The number of hydrogen-bond acceptors (Lipinski definition) is 3. The van der Waals surface area contributed by atoms with Crippen molar-refractivity contribution in [1.29, 1.82) is 0 Å². The average Bonchev–Trinajstić information content (AvgIpc) is 2.88. The van der Waals surface area contributed by atoms with E-state index in [0.29, 0.717) is 0 Å². The lowest BCUT2D eigenvalue weighted by molar-refractivity contribution is 0.177. The van der Waals surface area contributed by atoms with E-state index in [1.165, 1.54) is 5.56 Å². The molecule has 0 aromatic carbocycles. The average molecular weight is 209 g/mol. The van der Waals surface area contributed by atoms with Crippen LogP contribution in [0.1, 0.15) is 25.3 Å². The van der Waals surface area contributed by atoms with Crippen LogP contribution >= 0.6 is 0 Å². The van der Waals surface area contributed by atoms with Crippen molar-refractivity contribution in [2.75, 3.05) is 13.2 Å². The lowest BCUT2D eigenvalue weighted by Crippen LogP contribution is -2.45. The van der Waals surface area contributed by atoms with Gasteiger partial charge in [-0.15, -0.1) is 0 Å². The predicted molar refractivity (Wildman–Crippen MR) is 58.7 cm³/mol. The second-order valence-corrected chi connectivity index (χ2v) is 4.35. The topological polar surface area (TPSA) is 50.1 Å². The summed E-state index contributed by atoms with van der Waals surface area (Å²) in [5, 5.41) is 17.1. The third-order valence-corrected chi connectivity index (χ3v) is 3.19. The molecule has 4 nitrogen and oxygen atoms in total. The fourth-order valence-corrected chi connectivity index (χ4v) is 2.27. The van der Waals surface area contributed by atoms with Crippen molar-refractivity contribution >= 4 is 0 Å². The van der Waals surface area contributed by atoms with E-state index < -0.39 is 0 Å². The number of aromatic nitrogens is 2. The van der Waals surface area contributed by atoms with Gasteiger partial charge in [0, 0.05) is 18.3 Å². The molecule has 0 spiro atoms. The summed E-state index contributed by atoms with van der Waals surface area (Å²) in [6.45, 7) is 4.21. The fraction of sp³-hybridized carbons (Fsp3) is 0.727. The minimum Gasteiger partial charge on any atom is -0.394 e. The maximum Gasteiger partial charge on any atom is 0.0616 e. The summed E-state index contributed by atoms with van der Waals surface area (Å²) in [5.41, 5.74) is 1.11. The minimum atomic E-state index is -0.0956. The van der Waals surface area contributed by atoms with Crippen LogP contribution in [0, 0.1) is 0 Å². The SMILES string of the molecule is CCn1cc(CC2(CO)CCCN2)cn1. The van der Waals surface area contributed by atoms with Crippen molar-refractivity contribution in [3.05, 3.63) is 18.0 Å². The minimum absolute atomic E-state index is 0.0956. The number of hydrogen-bond donors (Lipinski definition) is 2. The Morgan fingerprint density at radius 2 is 2.53 bits per heavy atom. The van der Waals surface area contributed by atoms with Crippen LogP contribution in [0.25, 0.3) is 0 Å². The van der Waals surface area contributed by atoms with Crippen LogP contribution in [0.4, 0.5) is 0 Å². The number of aliphatic hydroxyl groups is 1. The summed E-state index contributed by atoms with van der Waals surface area (Å²) in [4.78, 5) is 0. The lowest BCUT2D eigenvalue weighted by Gasteiger charge is -2.26. The van der Waals surface area contributed by atoms with E-state index in [9.17, 15) is 5.11 Å². The molecule has 0 aliphatic carbocycles. The van der Waals surface area contributed by atoms with Crippen molar-refractivity contribution in [3.8, 4) is 0 Å². The largest absolute Gasteiger partial charge is 0.394 e. The summed E-state index contributed by atoms with van der Waals surface area (Å²) in [6, 6.07) is 0. The van der Waals surface area contributed by atoms with Crippen molar-refractivity contribution in [1.82, 2.24) is 15.1 Å². The van der Waals surface area contributed by atoms with Crippen LogP contribution in [0.2, 0.25) is 0 Å². The Morgan fingerprint density at radius 3 is 3.07 bits per heavy atom. The highest BCUT2D eigenvalue weighted by atomic mass is 16.3. The van der Waals surface area contributed by atoms with Crippen molar-refractivity contribution in [2.45, 2.75) is 38.3 Å². The molecule has 1 aliphatic heterocycles. The van der Waals surface area contributed by atoms with Crippen LogP contribution in [-0.4, -0.2) is 33.6 Å². The first kappa shape index (κ1) is 10.6. The van der Waals surface area contributed by atoms with Gasteiger partial charge in [0.2, 0.25) is 0 Å². The highest BCUT2D eigenvalue weighted by Crippen LogP contribution is 2.23. The Bertz CT molecular complexity index is 315. The monoisotopic (exact) mass is 209 g/mol. The van der Waals surface area contributed by atoms with Gasteiger partial charge in [-0.3, -0.25) is 4.68 Å². The van der Waals surface area contributed by atoms with Gasteiger partial charge in [-0.1, -0.05) is 0 Å². The summed E-state index contributed by atoms with van der Waals surface area (Å²) in [5.74, 6) is 0. The van der Waals surface area contributed by atoms with Crippen molar-refractivity contribution < 1.29 is 5.11 Å². The fourth-order valence-electron chi connectivity index (χ4n) is 2.27. The van der Waals surface area contributed by atoms with Gasteiger partial charge in [-0.05, 0) is 38.3 Å². The Balaban J connectivity index is 2.05. The molecule has 1 aromatic rings. The molecule has 1 aliphatic rings. The zero-order valence-electron chi connectivity index (χ0n) is 9.24. The molecule has 2 rings (SSSR count). The summed E-state index contributed by atoms with van der Waals surface area (Å²) in [7, 11) is 0. The first-order valence-electron chi connectivity index (χ1n) is 5.65. The van der Waals surface area contributed by atoms with Crippen LogP contribution in [0.3, 0.4) is 0 Å². The van der Waals surface area contributed by atoms with Crippen LogP contribution in [0.5, 0.6) is 0 Å². The van der Waals surface area contributed by atoms with Gasteiger partial charge in [0.25, 0.3) is 0 Å². The standard InChI is InChI=1S/C11H19N3O/c1-2-14-8-10(7-13-14)6-11(9-15)4-3-5-12-11/h7-8,12,15H,2-6,9H2,1H3. The van der Waals surface area contributed by atoms with Gasteiger partial charge in [0.1, 0.15) is 0 Å². The zero-order chi connectivity index (χ0) is 10.7. The molecule has 0 saturated carbocycles. The predicted octanol–water partition coefficient (Wildman–Crippen LogP) is 0.560. The van der Waals surface area contributed by atoms with Crippen LogP contribution in [-0.2, 0) is 13.0 Å². The Kier molecular flexibility index (Phi) is 3.07. The van der Waals surface area contributed by atoms with Gasteiger partial charge >= 0.3 is 0 Å². The molecule has 1 unspecified atom stereocenters. The van der Waals surface area contributed by atoms with E-state index in [2.05, 4.69) is 23.5 Å². The summed E-state index contributed by atoms with van der Waals surface area (Å²) in [6.07, 6.45) is 7.06. The van der Waals surface area contributed by atoms with Crippen LogP contribution in [0.15, 0.2) is 12.4 Å². The van der Waals surface area contributed by atoms with E-state index >= 15 is 0 Å². The number of aliphatic hydroxyl groups excluding tert-OH is 1. The summed E-state index contributed by atoms with van der Waals surface area (Å²) >= 11 is 0. The molecular formula is C11H19N3O. The van der Waals surface area contributed by atoms with E-state index in [4.69, 9.17) is 0 Å². The quantitative estimate of drug-likeness (QED) is 0.762. The molecule has 1 aromatic heterocycles. The third-order valence-electron chi connectivity index (χ3n) is 3.19. The lowest BCUT2D eigenvalue weighted by atomic mass is 9.91. The molecule has 1 atom stereocenters. The smallest absolute Gasteiger partial charge is 0.0616 e. The van der Waals surface area contributed by atoms with E-state index in [1.54, 1.807) is 0 Å². The van der Waals surface area contributed by atoms with Gasteiger partial charge < -0.3 is 10.4 Å². The molecule has 1 saturated heterocycles. The third kappa shape index (κ3) is 2.21. The first-order valence-corrected chi connectivity index (χ1v) is 5.65. The number of nitrogens with zero attached hydrogens (tertiary/aromatic N) is 2. The van der Waals surface area contributed by atoms with Gasteiger partial charge in [0.15, 0.2) is 0 Å². The van der Waals surface area contributed by atoms with Crippen LogP contribution < -0.4 is 5.32 Å². The maximum atomic E-state index is 9.45. The first-order chi connectivity index (χ1) is 7.28. The second-order valence-electron chi connectivity index (χ2n) is 4.35. The Labute approximate surface area is 90.3 Å². The van der Waals surface area contributed by atoms with E-state index in [1.807, 2.05) is 10.9 Å². The maximum absolute atomic E-state index is 9.45. The summed E-state index contributed by atoms with van der Waals surface area (Å²) < 4.78 is 1.93. The second kappa shape index (κ2) is 4.33. The normalized spacial score (nSPS) is 26.0. The molecule has 0 bridgehead atoms. The van der Waals surface area contributed by atoms with Crippen molar-refractivity contribution in [3.63, 3.8) is 0 Å². The highest BCUT2D eigenvalue weighted by Gasteiger charge is 2.32. The number of nitrogens with one attached hydrogen (secondary N) is 1. The Hall–Kier alpha value is -0.870. The van der Waals surface area contributed by atoms with Gasteiger partial charge in [-0.25, -0.2) is 0 Å². The zero-order valence-corrected chi connectivity index (χ0v) is 9.24. The molecule has 0 amide bonds. The van der Waals surface area contributed by atoms with E-state index in [0.717, 1.165) is 32.4 Å². The molecule has 84 valence electrons. The molecule has 2 heterocycles. The number of rotatable bonds is 4. The van der Waals surface area contributed by atoms with Gasteiger partial charge in [-0.2, -0.15) is 5.10 Å². The Morgan fingerprint density at radius 1 is 1.67 bits per heavy atom. The molecule has 2 N–H and O–H groups in total. The highest BCUT2D eigenvalue weighted by molar-refractivity contribution is 5.11. The van der Waals surface area contributed by atoms with Gasteiger partial charge in [0.05, 0.1) is 12.8 Å². The molecule has 4 heteroatoms.